The molecule has 2 atom stereocenters. The van der Waals surface area contributed by atoms with Crippen LogP contribution in [0.25, 0.3) is 11.3 Å². The minimum Gasteiger partial charge on any atom is -0.494 e. The molecule has 2 aromatic carbocycles. The molecule has 1 aliphatic heterocycles. The number of hydrogen-bond acceptors (Lipinski definition) is 11. The fourth-order valence-electron chi connectivity index (χ4n) is 5.38. The van der Waals surface area contributed by atoms with Crippen LogP contribution < -0.4 is 30.1 Å². The van der Waals surface area contributed by atoms with Gasteiger partial charge in [-0.3, -0.25) is 14.4 Å². The second-order valence-corrected chi connectivity index (χ2v) is 12.2. The van der Waals surface area contributed by atoms with E-state index in [0.717, 1.165) is 17.9 Å². The zero-order chi connectivity index (χ0) is 35.3. The number of rotatable bonds is 18. The first-order valence-corrected chi connectivity index (χ1v) is 17.4. The number of ether oxygens (including phenoxy) is 3. The number of benzene rings is 2. The van der Waals surface area contributed by atoms with E-state index in [1.54, 1.807) is 32.0 Å². The number of nitrogens with one attached hydrogen (secondary N) is 2. The molecule has 1 aliphatic rings. The van der Waals surface area contributed by atoms with Gasteiger partial charge in [-0.25, -0.2) is 4.79 Å². The highest BCUT2D eigenvalue weighted by atomic mass is 31.2. The van der Waals surface area contributed by atoms with E-state index in [2.05, 4.69) is 10.6 Å². The smallest absolute Gasteiger partial charge is 0.363 e. The average Bonchev–Trinajstić information content (AvgIpc) is 3.61. The molecule has 3 amide bonds. The second-order valence-electron chi connectivity index (χ2n) is 11.1. The Morgan fingerprint density at radius 2 is 1.76 bits per heavy atom. The molecule has 0 radical (unpaired) electrons. The number of carbonyl (C=O) groups is 4. The minimum atomic E-state index is -2.39. The number of fused-ring (bicyclic) bond motifs is 1. The van der Waals surface area contributed by atoms with E-state index in [1.807, 2.05) is 6.92 Å². The van der Waals surface area contributed by atoms with E-state index < -0.39 is 38.1 Å². The third kappa shape index (κ3) is 9.94. The monoisotopic (exact) mass is 699 g/mol. The van der Waals surface area contributed by atoms with Gasteiger partial charge in [-0.1, -0.05) is 33.1 Å². The summed E-state index contributed by atoms with van der Waals surface area (Å²) in [6, 6.07) is 11.5. The van der Waals surface area contributed by atoms with Gasteiger partial charge in [-0.05, 0) is 68.3 Å². The standard InChI is InChI=1S/C34H42N3O11P/c1-4-7-8-9-26(27(5-2)37(21-38)48-34(41)22-10-11-29-31(18-22)46-15-14-45-29)32(39)35-20-36-33(40)30-13-12-28(47-30)23-16-24(44-6-3)19-25(17-23)49(42)43/h10-13,16-19,21,26-27,42-43H,4-9,14-15,20H2,1-3H3,(H,35,39)(H,36,40). The lowest BCUT2D eigenvalue weighted by atomic mass is 9.90. The van der Waals surface area contributed by atoms with Crippen molar-refractivity contribution < 1.29 is 52.4 Å². The largest absolute Gasteiger partial charge is 0.494 e. The van der Waals surface area contributed by atoms with Gasteiger partial charge in [-0.15, -0.1) is 0 Å². The van der Waals surface area contributed by atoms with Crippen LogP contribution in [0.1, 0.15) is 73.8 Å². The molecular weight excluding hydrogens is 657 g/mol. The summed E-state index contributed by atoms with van der Waals surface area (Å²) in [6.07, 6.45) is 3.54. The molecule has 15 heteroatoms. The second kappa shape index (κ2) is 18.2. The lowest BCUT2D eigenvalue weighted by Gasteiger charge is -2.32. The molecule has 1 aromatic heterocycles. The van der Waals surface area contributed by atoms with E-state index in [9.17, 15) is 29.0 Å². The van der Waals surface area contributed by atoms with Crippen LogP contribution in [-0.4, -0.2) is 71.6 Å². The summed E-state index contributed by atoms with van der Waals surface area (Å²) in [6.45, 7) is 6.47. The van der Waals surface area contributed by atoms with Crippen LogP contribution in [0.4, 0.5) is 0 Å². The van der Waals surface area contributed by atoms with Crippen molar-refractivity contribution in [1.82, 2.24) is 15.7 Å². The molecule has 2 heterocycles. The minimum absolute atomic E-state index is 0.0352. The highest BCUT2D eigenvalue weighted by Crippen LogP contribution is 2.32. The van der Waals surface area contributed by atoms with Crippen LogP contribution in [0.15, 0.2) is 52.9 Å². The number of nitrogens with zero attached hydrogens (tertiary/aromatic N) is 1. The van der Waals surface area contributed by atoms with Crippen LogP contribution in [0.2, 0.25) is 0 Å². The molecule has 4 rings (SSSR count). The van der Waals surface area contributed by atoms with Gasteiger partial charge in [0.1, 0.15) is 24.7 Å². The number of unbranched alkanes of at least 4 members (excludes halogenated alkanes) is 2. The summed E-state index contributed by atoms with van der Waals surface area (Å²) < 4.78 is 22.3. The van der Waals surface area contributed by atoms with Crippen molar-refractivity contribution in [2.24, 2.45) is 5.92 Å². The Hall–Kier alpha value is -4.65. The first-order chi connectivity index (χ1) is 23.7. The predicted octanol–water partition coefficient (Wildman–Crippen LogP) is 4.05. The van der Waals surface area contributed by atoms with E-state index in [4.69, 9.17) is 23.5 Å². The van der Waals surface area contributed by atoms with Crippen molar-refractivity contribution in [1.29, 1.82) is 0 Å². The summed E-state index contributed by atoms with van der Waals surface area (Å²) >= 11 is 0. The maximum absolute atomic E-state index is 13.5. The number of hydrogen-bond donors (Lipinski definition) is 4. The average molecular weight is 700 g/mol. The molecule has 0 aliphatic carbocycles. The van der Waals surface area contributed by atoms with Gasteiger partial charge in [-0.2, -0.15) is 5.06 Å². The third-order valence-electron chi connectivity index (χ3n) is 7.79. The molecule has 0 fully saturated rings. The summed E-state index contributed by atoms with van der Waals surface area (Å²) in [5.41, 5.74) is 0.634. The van der Waals surface area contributed by atoms with Crippen LogP contribution in [0, 0.1) is 5.92 Å². The summed E-state index contributed by atoms with van der Waals surface area (Å²) in [5, 5.41) is 6.44. The number of furan rings is 1. The molecule has 0 saturated heterocycles. The van der Waals surface area contributed by atoms with Crippen LogP contribution in [-0.2, 0) is 14.4 Å². The lowest BCUT2D eigenvalue weighted by molar-refractivity contribution is -0.171. The zero-order valence-corrected chi connectivity index (χ0v) is 28.6. The maximum Gasteiger partial charge on any atom is 0.363 e. The van der Waals surface area contributed by atoms with Crippen molar-refractivity contribution in [2.75, 3.05) is 26.5 Å². The Labute approximate surface area is 285 Å². The molecule has 49 heavy (non-hydrogen) atoms. The van der Waals surface area contributed by atoms with E-state index in [-0.39, 0.29) is 23.3 Å². The molecule has 4 N–H and O–H groups in total. The highest BCUT2D eigenvalue weighted by Gasteiger charge is 2.34. The van der Waals surface area contributed by atoms with E-state index in [1.165, 1.54) is 30.3 Å². The molecule has 2 unspecified atom stereocenters. The molecule has 264 valence electrons. The SMILES string of the molecule is CCCCCC(C(=O)NCNC(=O)c1ccc(-c2cc(OCC)cc(P(O)O)c2)o1)C(CC)N(C=O)OC(=O)c1ccc2c(c1)OCCO2. The topological polar surface area (TPSA) is 186 Å². The van der Waals surface area contributed by atoms with Gasteiger partial charge >= 0.3 is 5.97 Å². The Morgan fingerprint density at radius 1 is 0.980 bits per heavy atom. The molecule has 14 nitrogen and oxygen atoms in total. The van der Waals surface area contributed by atoms with Gasteiger partial charge in [0.05, 0.1) is 30.8 Å². The predicted molar refractivity (Wildman–Crippen MR) is 179 cm³/mol. The van der Waals surface area contributed by atoms with Gasteiger partial charge in [0.15, 0.2) is 25.6 Å². The van der Waals surface area contributed by atoms with Gasteiger partial charge in [0, 0.05) is 10.9 Å². The highest BCUT2D eigenvalue weighted by molar-refractivity contribution is 7.54. The normalized spacial score (nSPS) is 13.3. The fourth-order valence-corrected chi connectivity index (χ4v) is 5.87. The Kier molecular flexibility index (Phi) is 13.8. The van der Waals surface area contributed by atoms with E-state index >= 15 is 0 Å². The first kappa shape index (κ1) is 37.2. The molecule has 0 bridgehead atoms. The number of hydroxylamine groups is 2. The molecule has 0 spiro atoms. The lowest BCUT2D eigenvalue weighted by Crippen LogP contribution is -2.49. The summed E-state index contributed by atoms with van der Waals surface area (Å²) in [4.78, 5) is 76.6. The number of amides is 3. The zero-order valence-electron chi connectivity index (χ0n) is 27.7. The van der Waals surface area contributed by atoms with Crippen LogP contribution >= 0.6 is 8.38 Å². The van der Waals surface area contributed by atoms with E-state index in [0.29, 0.717) is 74.1 Å². The van der Waals surface area contributed by atoms with Crippen molar-refractivity contribution >= 4 is 37.9 Å². The molecular formula is C34H42N3O11P. The van der Waals surface area contributed by atoms with Gasteiger partial charge < -0.3 is 43.9 Å². The van der Waals surface area contributed by atoms with Crippen molar-refractivity contribution in [3.8, 4) is 28.6 Å². The van der Waals surface area contributed by atoms with Gasteiger partial charge in [0.2, 0.25) is 12.3 Å². The van der Waals surface area contributed by atoms with Crippen LogP contribution in [0.3, 0.4) is 0 Å². The maximum atomic E-state index is 13.5. The Balaban J connectivity index is 1.40. The summed E-state index contributed by atoms with van der Waals surface area (Å²) in [5.74, 6) is -1.01. The van der Waals surface area contributed by atoms with Gasteiger partial charge in [0.25, 0.3) is 5.91 Å². The fraction of sp³-hybridized carbons (Fsp3) is 0.412. The van der Waals surface area contributed by atoms with Crippen molar-refractivity contribution in [3.05, 3.63) is 59.9 Å². The van der Waals surface area contributed by atoms with Crippen molar-refractivity contribution in [2.45, 2.75) is 58.9 Å². The molecule has 3 aromatic rings. The van der Waals surface area contributed by atoms with Crippen LogP contribution in [0.5, 0.6) is 17.2 Å². The quantitative estimate of drug-likeness (QED) is 0.0494. The first-order valence-electron chi connectivity index (χ1n) is 16.2. The van der Waals surface area contributed by atoms with Crippen molar-refractivity contribution in [3.63, 3.8) is 0 Å². The number of carbonyl (C=O) groups excluding carboxylic acids is 4. The third-order valence-corrected chi connectivity index (χ3v) is 8.51. The molecule has 0 saturated carbocycles. The Morgan fingerprint density at radius 3 is 2.45 bits per heavy atom. The summed E-state index contributed by atoms with van der Waals surface area (Å²) in [7, 11) is -2.39. The Bertz CT molecular complexity index is 1600.